The monoisotopic (exact) mass is 330 g/mol. The summed E-state index contributed by atoms with van der Waals surface area (Å²) in [6, 6.07) is 3.66. The van der Waals surface area contributed by atoms with Gasteiger partial charge in [-0.25, -0.2) is 4.79 Å². The molecular weight excluding hydrogens is 319 g/mol. The number of benzene rings is 1. The summed E-state index contributed by atoms with van der Waals surface area (Å²) in [6.45, 7) is 5.59. The Bertz CT molecular complexity index is 509. The van der Waals surface area contributed by atoms with Crippen molar-refractivity contribution in [3.63, 3.8) is 0 Å². The van der Waals surface area contributed by atoms with E-state index in [0.29, 0.717) is 16.3 Å². The first-order chi connectivity index (χ1) is 8.40. The number of aliphatic carboxylic acids is 1. The minimum atomic E-state index is -1.01. The fraction of sp³-hybridized carbons (Fsp3) is 0.154. The summed E-state index contributed by atoms with van der Waals surface area (Å²) in [5.41, 5.74) is 1.55. The molecule has 0 aliphatic heterocycles. The van der Waals surface area contributed by atoms with Crippen LogP contribution >= 0.6 is 27.5 Å². The minimum Gasteiger partial charge on any atom is -0.487 e. The molecular formula is C13H12BrClO3. The van der Waals surface area contributed by atoms with E-state index < -0.39 is 5.97 Å². The lowest BCUT2D eigenvalue weighted by molar-refractivity contribution is -0.131. The lowest BCUT2D eigenvalue weighted by Gasteiger charge is -2.12. The predicted octanol–water partition coefficient (Wildman–Crippen LogP) is 3.99. The molecule has 3 nitrogen and oxygen atoms in total. The van der Waals surface area contributed by atoms with Crippen LogP contribution in [0.4, 0.5) is 0 Å². The van der Waals surface area contributed by atoms with Crippen LogP contribution in [0.2, 0.25) is 0 Å². The molecule has 0 aliphatic carbocycles. The van der Waals surface area contributed by atoms with Gasteiger partial charge in [0.05, 0.1) is 0 Å². The number of carboxylic acids is 1. The Labute approximate surface area is 119 Å². The number of halogens is 2. The number of hydrogen-bond donors (Lipinski definition) is 1. The number of aryl methyl sites for hydroxylation is 1. The Morgan fingerprint density at radius 1 is 1.61 bits per heavy atom. The highest BCUT2D eigenvalue weighted by Gasteiger charge is 2.08. The van der Waals surface area contributed by atoms with Gasteiger partial charge in [0.25, 0.3) is 0 Å². The van der Waals surface area contributed by atoms with E-state index in [1.165, 1.54) is 6.08 Å². The SMILES string of the molecule is C=C(Cl)COc1c(C)cc(Br)cc1/C=C/C(=O)O. The first-order valence-corrected chi connectivity index (χ1v) is 6.24. The van der Waals surface area contributed by atoms with E-state index in [1.807, 2.05) is 13.0 Å². The van der Waals surface area contributed by atoms with Gasteiger partial charge < -0.3 is 9.84 Å². The molecule has 0 heterocycles. The third-order valence-corrected chi connectivity index (χ3v) is 2.61. The van der Waals surface area contributed by atoms with Crippen LogP contribution in [0.1, 0.15) is 11.1 Å². The van der Waals surface area contributed by atoms with Crippen molar-refractivity contribution in [1.82, 2.24) is 0 Å². The lowest BCUT2D eigenvalue weighted by Crippen LogP contribution is -2.00. The topological polar surface area (TPSA) is 46.5 Å². The van der Waals surface area contributed by atoms with Crippen LogP contribution in [-0.4, -0.2) is 17.7 Å². The van der Waals surface area contributed by atoms with E-state index in [1.54, 1.807) is 6.07 Å². The van der Waals surface area contributed by atoms with Crippen LogP contribution in [0.25, 0.3) is 6.08 Å². The Kier molecular flexibility index (Phi) is 5.44. The zero-order chi connectivity index (χ0) is 13.7. The number of hydrogen-bond acceptors (Lipinski definition) is 2. The molecule has 0 bridgehead atoms. The standard InChI is InChI=1S/C13H12BrClO3/c1-8-5-11(14)6-10(3-4-12(16)17)13(8)18-7-9(2)15/h3-6H,2,7H2,1H3,(H,16,17)/b4-3+. The highest BCUT2D eigenvalue weighted by Crippen LogP contribution is 2.29. The maximum atomic E-state index is 10.5. The predicted molar refractivity (Wildman–Crippen MR) is 76.0 cm³/mol. The molecule has 0 radical (unpaired) electrons. The van der Waals surface area contributed by atoms with Crippen molar-refractivity contribution in [2.75, 3.05) is 6.61 Å². The van der Waals surface area contributed by atoms with Gasteiger partial charge in [-0.2, -0.15) is 0 Å². The van der Waals surface area contributed by atoms with E-state index in [2.05, 4.69) is 22.5 Å². The molecule has 1 aromatic carbocycles. The molecule has 0 aromatic heterocycles. The average molecular weight is 332 g/mol. The Morgan fingerprint density at radius 3 is 2.83 bits per heavy atom. The van der Waals surface area contributed by atoms with Crippen LogP contribution in [0, 0.1) is 6.92 Å². The van der Waals surface area contributed by atoms with Crippen LogP contribution in [0.5, 0.6) is 5.75 Å². The van der Waals surface area contributed by atoms with Gasteiger partial charge >= 0.3 is 5.97 Å². The van der Waals surface area contributed by atoms with Crippen molar-refractivity contribution < 1.29 is 14.6 Å². The van der Waals surface area contributed by atoms with Crippen molar-refractivity contribution in [3.8, 4) is 5.75 Å². The van der Waals surface area contributed by atoms with E-state index in [4.69, 9.17) is 21.4 Å². The fourth-order valence-electron chi connectivity index (χ4n) is 1.39. The van der Waals surface area contributed by atoms with E-state index >= 15 is 0 Å². The van der Waals surface area contributed by atoms with Gasteiger partial charge in [-0.15, -0.1) is 0 Å². The Hall–Kier alpha value is -1.26. The lowest BCUT2D eigenvalue weighted by atomic mass is 10.1. The van der Waals surface area contributed by atoms with Crippen LogP contribution < -0.4 is 4.74 Å². The molecule has 0 unspecified atom stereocenters. The van der Waals surface area contributed by atoms with Crippen LogP contribution in [-0.2, 0) is 4.79 Å². The third-order valence-electron chi connectivity index (χ3n) is 2.05. The average Bonchev–Trinajstić information content (AvgIpc) is 2.24. The number of carboxylic acid groups (broad SMARTS) is 1. The van der Waals surface area contributed by atoms with Gasteiger partial charge in [-0.05, 0) is 30.7 Å². The van der Waals surface area contributed by atoms with Crippen molar-refractivity contribution in [2.45, 2.75) is 6.92 Å². The summed E-state index contributed by atoms with van der Waals surface area (Å²) >= 11 is 9.00. The molecule has 1 aromatic rings. The molecule has 0 amide bonds. The first kappa shape index (κ1) is 14.8. The second-order valence-electron chi connectivity index (χ2n) is 3.62. The van der Waals surface area contributed by atoms with Crippen molar-refractivity contribution >= 4 is 39.6 Å². The summed E-state index contributed by atoms with van der Waals surface area (Å²) in [6.07, 6.45) is 2.54. The summed E-state index contributed by atoms with van der Waals surface area (Å²) in [7, 11) is 0. The summed E-state index contributed by atoms with van der Waals surface area (Å²) < 4.78 is 6.37. The van der Waals surface area contributed by atoms with Crippen molar-refractivity contribution in [1.29, 1.82) is 0 Å². The molecule has 5 heteroatoms. The molecule has 0 spiro atoms. The highest BCUT2D eigenvalue weighted by molar-refractivity contribution is 9.10. The van der Waals surface area contributed by atoms with Gasteiger partial charge in [-0.1, -0.05) is 34.1 Å². The number of ether oxygens (including phenoxy) is 1. The Morgan fingerprint density at radius 2 is 2.28 bits per heavy atom. The van der Waals surface area contributed by atoms with E-state index in [-0.39, 0.29) is 6.61 Å². The van der Waals surface area contributed by atoms with Crippen LogP contribution in [0.3, 0.4) is 0 Å². The molecule has 0 fully saturated rings. The van der Waals surface area contributed by atoms with Gasteiger partial charge in [0, 0.05) is 21.1 Å². The zero-order valence-corrected chi connectivity index (χ0v) is 12.1. The second kappa shape index (κ2) is 6.61. The molecule has 0 aliphatic rings. The van der Waals surface area contributed by atoms with Gasteiger partial charge in [0.1, 0.15) is 12.4 Å². The molecule has 0 atom stereocenters. The second-order valence-corrected chi connectivity index (χ2v) is 5.07. The van der Waals surface area contributed by atoms with Crippen molar-refractivity contribution in [2.24, 2.45) is 0 Å². The van der Waals surface area contributed by atoms with Gasteiger partial charge in [0.2, 0.25) is 0 Å². The molecule has 18 heavy (non-hydrogen) atoms. The quantitative estimate of drug-likeness (QED) is 0.830. The smallest absolute Gasteiger partial charge is 0.328 e. The molecule has 0 saturated carbocycles. The largest absolute Gasteiger partial charge is 0.487 e. The molecule has 1 N–H and O–H groups in total. The summed E-state index contributed by atoms with van der Waals surface area (Å²) in [5.74, 6) is -0.419. The summed E-state index contributed by atoms with van der Waals surface area (Å²) in [5, 5.41) is 9.03. The highest BCUT2D eigenvalue weighted by atomic mass is 79.9. The van der Waals surface area contributed by atoms with Gasteiger partial charge in [-0.3, -0.25) is 0 Å². The third kappa shape index (κ3) is 4.55. The van der Waals surface area contributed by atoms with Crippen LogP contribution in [0.15, 0.2) is 34.3 Å². The minimum absolute atomic E-state index is 0.179. The molecule has 1 rings (SSSR count). The first-order valence-electron chi connectivity index (χ1n) is 5.07. The van der Waals surface area contributed by atoms with Gasteiger partial charge in [0.15, 0.2) is 0 Å². The number of carbonyl (C=O) groups is 1. The molecule has 0 saturated heterocycles. The van der Waals surface area contributed by atoms with E-state index in [0.717, 1.165) is 16.1 Å². The number of rotatable bonds is 5. The Balaban J connectivity index is 3.12. The van der Waals surface area contributed by atoms with Crippen molar-refractivity contribution in [3.05, 3.63) is 45.4 Å². The fourth-order valence-corrected chi connectivity index (χ4v) is 2.03. The maximum absolute atomic E-state index is 10.5. The molecule has 96 valence electrons. The van der Waals surface area contributed by atoms with E-state index in [9.17, 15) is 4.79 Å². The normalized spacial score (nSPS) is 10.6. The maximum Gasteiger partial charge on any atom is 0.328 e. The zero-order valence-electron chi connectivity index (χ0n) is 9.74. The summed E-state index contributed by atoms with van der Waals surface area (Å²) in [4.78, 5) is 10.5.